The van der Waals surface area contributed by atoms with Crippen LogP contribution in [-0.2, 0) is 11.3 Å². The van der Waals surface area contributed by atoms with Gasteiger partial charge in [0.1, 0.15) is 23.1 Å². The summed E-state index contributed by atoms with van der Waals surface area (Å²) in [5.74, 6) is 0.219. The molecular formula is C26H20BrN5O2. The minimum Gasteiger partial charge on any atom is -0.496 e. The Balaban J connectivity index is 1.72. The van der Waals surface area contributed by atoms with Crippen LogP contribution in [0.1, 0.15) is 11.1 Å². The molecule has 0 atom stereocenters. The summed E-state index contributed by atoms with van der Waals surface area (Å²) in [5, 5.41) is 17.2. The van der Waals surface area contributed by atoms with Crippen LogP contribution in [0.4, 0.5) is 0 Å². The molecule has 0 saturated carbocycles. The number of carbonyl (C=O) groups excluding carboxylic acids is 1. The lowest BCUT2D eigenvalue weighted by Crippen LogP contribution is -2.24. The number of para-hydroxylation sites is 1. The summed E-state index contributed by atoms with van der Waals surface area (Å²) < 4.78 is 7.83. The molecule has 0 aliphatic carbocycles. The number of aromatic nitrogens is 3. The van der Waals surface area contributed by atoms with Crippen molar-refractivity contribution in [1.82, 2.24) is 20.1 Å². The zero-order chi connectivity index (χ0) is 23.9. The standard InChI is InChI=1S/C26H20BrN5O2/c1-34-24-10-9-19(13-23(24)27)25-21(17-32(31-25)22-7-3-2-4-8-22)12-20(14-28)26(33)30-16-18-6-5-11-29-15-18/h2-13,15,17H,16H2,1H3,(H,30,33). The molecular weight excluding hydrogens is 494 g/mol. The number of rotatable bonds is 7. The van der Waals surface area contributed by atoms with Crippen LogP contribution in [0.2, 0.25) is 0 Å². The van der Waals surface area contributed by atoms with Gasteiger partial charge in [0.15, 0.2) is 0 Å². The van der Waals surface area contributed by atoms with Gasteiger partial charge in [0, 0.05) is 36.3 Å². The van der Waals surface area contributed by atoms with Crippen molar-refractivity contribution in [1.29, 1.82) is 5.26 Å². The molecule has 7 nitrogen and oxygen atoms in total. The van der Waals surface area contributed by atoms with Crippen molar-refractivity contribution < 1.29 is 9.53 Å². The van der Waals surface area contributed by atoms with E-state index in [9.17, 15) is 10.1 Å². The zero-order valence-corrected chi connectivity index (χ0v) is 19.9. The molecule has 0 bridgehead atoms. The molecule has 0 radical (unpaired) electrons. The number of nitriles is 1. The molecule has 0 aliphatic rings. The minimum absolute atomic E-state index is 0.0228. The fourth-order valence-electron chi connectivity index (χ4n) is 3.33. The van der Waals surface area contributed by atoms with Gasteiger partial charge in [-0.25, -0.2) is 4.68 Å². The van der Waals surface area contributed by atoms with Crippen molar-refractivity contribution in [3.05, 3.63) is 100 Å². The van der Waals surface area contributed by atoms with Gasteiger partial charge in [-0.3, -0.25) is 9.78 Å². The van der Waals surface area contributed by atoms with E-state index < -0.39 is 5.91 Å². The average molecular weight is 514 g/mol. The summed E-state index contributed by atoms with van der Waals surface area (Å²) in [6.45, 7) is 0.271. The maximum atomic E-state index is 12.7. The van der Waals surface area contributed by atoms with Gasteiger partial charge in [0.05, 0.1) is 17.3 Å². The highest BCUT2D eigenvalue weighted by molar-refractivity contribution is 9.10. The van der Waals surface area contributed by atoms with Crippen molar-refractivity contribution in [3.8, 4) is 28.8 Å². The second-order valence-corrected chi connectivity index (χ2v) is 8.13. The lowest BCUT2D eigenvalue weighted by Gasteiger charge is -2.06. The predicted molar refractivity (Wildman–Crippen MR) is 133 cm³/mol. The Kier molecular flexibility index (Phi) is 7.16. The SMILES string of the molecule is COc1ccc(-c2nn(-c3ccccc3)cc2C=C(C#N)C(=O)NCc2cccnc2)cc1Br. The quantitative estimate of drug-likeness (QED) is 0.279. The van der Waals surface area contributed by atoms with E-state index in [4.69, 9.17) is 9.84 Å². The van der Waals surface area contributed by atoms with E-state index in [1.807, 2.05) is 60.7 Å². The number of halogens is 1. The fourth-order valence-corrected chi connectivity index (χ4v) is 3.87. The third kappa shape index (κ3) is 5.22. The molecule has 2 heterocycles. The lowest BCUT2D eigenvalue weighted by molar-refractivity contribution is -0.117. The van der Waals surface area contributed by atoms with Gasteiger partial charge >= 0.3 is 0 Å². The van der Waals surface area contributed by atoms with Crippen LogP contribution in [0, 0.1) is 11.3 Å². The summed E-state index contributed by atoms with van der Waals surface area (Å²) >= 11 is 3.51. The molecule has 0 fully saturated rings. The van der Waals surface area contributed by atoms with Crippen molar-refractivity contribution in [2.24, 2.45) is 0 Å². The van der Waals surface area contributed by atoms with Crippen LogP contribution < -0.4 is 10.1 Å². The van der Waals surface area contributed by atoms with Crippen molar-refractivity contribution >= 4 is 27.9 Å². The summed E-state index contributed by atoms with van der Waals surface area (Å²) in [6.07, 6.45) is 6.68. The number of hydrogen-bond donors (Lipinski definition) is 1. The Hall–Kier alpha value is -4.22. The van der Waals surface area contributed by atoms with Gasteiger partial charge < -0.3 is 10.1 Å². The normalized spacial score (nSPS) is 11.0. The second-order valence-electron chi connectivity index (χ2n) is 7.28. The Bertz CT molecular complexity index is 1380. The maximum absolute atomic E-state index is 12.7. The van der Waals surface area contributed by atoms with Crippen LogP contribution in [0.25, 0.3) is 23.0 Å². The highest BCUT2D eigenvalue weighted by Gasteiger charge is 2.16. The summed E-state index contributed by atoms with van der Waals surface area (Å²) in [7, 11) is 1.60. The predicted octanol–water partition coefficient (Wildman–Crippen LogP) is 4.93. The van der Waals surface area contributed by atoms with Gasteiger partial charge in [0.2, 0.25) is 0 Å². The molecule has 0 unspecified atom stereocenters. The van der Waals surface area contributed by atoms with E-state index in [-0.39, 0.29) is 12.1 Å². The molecule has 0 aliphatic heterocycles. The van der Waals surface area contributed by atoms with Crippen LogP contribution >= 0.6 is 15.9 Å². The number of methoxy groups -OCH3 is 1. The molecule has 0 spiro atoms. The smallest absolute Gasteiger partial charge is 0.262 e. The number of hydrogen-bond acceptors (Lipinski definition) is 5. The molecule has 34 heavy (non-hydrogen) atoms. The van der Waals surface area contributed by atoms with Crippen molar-refractivity contribution in [2.45, 2.75) is 6.54 Å². The van der Waals surface area contributed by atoms with Gasteiger partial charge in [0.25, 0.3) is 5.91 Å². The summed E-state index contributed by atoms with van der Waals surface area (Å²) in [4.78, 5) is 16.8. The first-order chi connectivity index (χ1) is 16.6. The number of nitrogens with zero attached hydrogens (tertiary/aromatic N) is 4. The monoisotopic (exact) mass is 513 g/mol. The average Bonchev–Trinajstić information content (AvgIpc) is 3.31. The zero-order valence-electron chi connectivity index (χ0n) is 18.3. The van der Waals surface area contributed by atoms with Gasteiger partial charge in [-0.05, 0) is 64.0 Å². The third-order valence-corrected chi connectivity index (χ3v) is 5.65. The molecule has 1 N–H and O–H groups in total. The highest BCUT2D eigenvalue weighted by atomic mass is 79.9. The van der Waals surface area contributed by atoms with E-state index in [2.05, 4.69) is 26.2 Å². The minimum atomic E-state index is -0.472. The fraction of sp³-hybridized carbons (Fsp3) is 0.0769. The largest absolute Gasteiger partial charge is 0.496 e. The van der Waals surface area contributed by atoms with Gasteiger partial charge in [-0.1, -0.05) is 24.3 Å². The topological polar surface area (TPSA) is 92.8 Å². The van der Waals surface area contributed by atoms with Gasteiger partial charge in [-0.15, -0.1) is 0 Å². The van der Waals surface area contributed by atoms with E-state index in [0.717, 1.165) is 21.3 Å². The Labute approximate surface area is 205 Å². The Morgan fingerprint density at radius 3 is 2.71 bits per heavy atom. The van der Waals surface area contributed by atoms with Crippen LogP contribution in [-0.4, -0.2) is 27.8 Å². The number of nitrogens with one attached hydrogen (secondary N) is 1. The maximum Gasteiger partial charge on any atom is 0.262 e. The van der Waals surface area contributed by atoms with Crippen molar-refractivity contribution in [3.63, 3.8) is 0 Å². The summed E-state index contributed by atoms with van der Waals surface area (Å²) in [6, 6.07) is 20.9. The number of pyridine rings is 1. The highest BCUT2D eigenvalue weighted by Crippen LogP contribution is 2.32. The molecule has 0 saturated heterocycles. The molecule has 2 aromatic carbocycles. The molecule has 2 aromatic heterocycles. The molecule has 8 heteroatoms. The van der Waals surface area contributed by atoms with Gasteiger partial charge in [-0.2, -0.15) is 10.4 Å². The number of ether oxygens (including phenoxy) is 1. The first-order valence-electron chi connectivity index (χ1n) is 10.4. The number of benzene rings is 2. The first-order valence-corrected chi connectivity index (χ1v) is 11.2. The summed E-state index contributed by atoms with van der Waals surface area (Å²) in [5.41, 5.74) is 3.74. The molecule has 4 rings (SSSR count). The van der Waals surface area contributed by atoms with Crippen LogP contribution in [0.5, 0.6) is 5.75 Å². The van der Waals surface area contributed by atoms with E-state index >= 15 is 0 Å². The first kappa shape index (κ1) is 23.0. The Morgan fingerprint density at radius 1 is 1.21 bits per heavy atom. The van der Waals surface area contributed by atoms with E-state index in [1.165, 1.54) is 0 Å². The van der Waals surface area contributed by atoms with Crippen LogP contribution in [0.3, 0.4) is 0 Å². The Morgan fingerprint density at radius 2 is 2.03 bits per heavy atom. The third-order valence-electron chi connectivity index (χ3n) is 5.03. The number of amides is 1. The van der Waals surface area contributed by atoms with Crippen LogP contribution in [0.15, 0.2) is 89.3 Å². The van der Waals surface area contributed by atoms with Crippen molar-refractivity contribution in [2.75, 3.05) is 7.11 Å². The van der Waals surface area contributed by atoms with E-state index in [0.29, 0.717) is 17.0 Å². The molecule has 4 aromatic rings. The van der Waals surface area contributed by atoms with E-state index in [1.54, 1.807) is 42.5 Å². The second kappa shape index (κ2) is 10.6. The number of carbonyl (C=O) groups is 1. The lowest BCUT2D eigenvalue weighted by atomic mass is 10.1. The molecule has 168 valence electrons. The molecule has 1 amide bonds.